The number of halogens is 5. The Bertz CT molecular complexity index is 790. The van der Waals surface area contributed by atoms with Crippen LogP contribution in [0.2, 0.25) is 0 Å². The summed E-state index contributed by atoms with van der Waals surface area (Å²) in [5.41, 5.74) is 3.20. The molecule has 0 atom stereocenters. The van der Waals surface area contributed by atoms with Crippen LogP contribution < -0.4 is 10.8 Å². The van der Waals surface area contributed by atoms with E-state index in [9.17, 15) is 18.0 Å². The molecule has 12 heteroatoms. The van der Waals surface area contributed by atoms with Crippen molar-refractivity contribution in [2.45, 2.75) is 6.18 Å². The van der Waals surface area contributed by atoms with Gasteiger partial charge >= 0.3 is 12.1 Å². The number of nitrogens with zero attached hydrogens (tertiary/aromatic N) is 2. The highest BCUT2D eigenvalue weighted by Crippen LogP contribution is 2.29. The predicted octanol–water partition coefficient (Wildman–Crippen LogP) is 3.33. The first-order valence-corrected chi connectivity index (χ1v) is 8.18. The van der Waals surface area contributed by atoms with Crippen LogP contribution in [-0.4, -0.2) is 35.7 Å². The highest BCUT2D eigenvalue weighted by Gasteiger charge is 2.38. The minimum atomic E-state index is -4.71. The molecule has 1 aromatic carbocycles. The Morgan fingerprint density at radius 1 is 1.22 bits per heavy atom. The molecule has 0 fully saturated rings. The molecule has 0 saturated heterocycles. The van der Waals surface area contributed by atoms with Crippen molar-refractivity contribution < 1.29 is 27.3 Å². The number of hydroxylamine groups is 1. The van der Waals surface area contributed by atoms with Gasteiger partial charge in [0.2, 0.25) is 5.82 Å². The van der Waals surface area contributed by atoms with Crippen molar-refractivity contribution in [3.8, 4) is 11.4 Å². The Hall–Kier alpha value is -2.14. The summed E-state index contributed by atoms with van der Waals surface area (Å²) in [5, 5.41) is 5.91. The molecule has 1 amide bonds. The molecule has 1 aromatic heterocycles. The van der Waals surface area contributed by atoms with Gasteiger partial charge in [-0.2, -0.15) is 18.2 Å². The summed E-state index contributed by atoms with van der Waals surface area (Å²) in [6.07, 6.45) is -3.27. The summed E-state index contributed by atoms with van der Waals surface area (Å²) >= 11 is 10.8. The van der Waals surface area contributed by atoms with Crippen molar-refractivity contribution in [1.29, 1.82) is 0 Å². The van der Waals surface area contributed by atoms with E-state index in [2.05, 4.69) is 25.5 Å². The Labute approximate surface area is 161 Å². The number of alkyl halides is 3. The van der Waals surface area contributed by atoms with Gasteiger partial charge in [0.05, 0.1) is 6.61 Å². The van der Waals surface area contributed by atoms with Crippen LogP contribution in [0.25, 0.3) is 11.4 Å². The summed E-state index contributed by atoms with van der Waals surface area (Å²) in [4.78, 5) is 20.2. The second-order valence-electron chi connectivity index (χ2n) is 4.95. The normalized spacial score (nSPS) is 11.3. The maximum Gasteiger partial charge on any atom is 0.471 e. The second kappa shape index (κ2) is 9.70. The molecule has 0 aliphatic rings. The van der Waals surface area contributed by atoms with Crippen LogP contribution in [0.5, 0.6) is 0 Å². The lowest BCUT2D eigenvalue weighted by Gasteiger charge is -2.06. The van der Waals surface area contributed by atoms with Crippen LogP contribution in [0.3, 0.4) is 0 Å². The average molecular weight is 425 g/mol. The van der Waals surface area contributed by atoms with Gasteiger partial charge in [0, 0.05) is 24.2 Å². The fraction of sp³-hybridized carbons (Fsp3) is 0.267. The Balaban J connectivity index is 1.81. The van der Waals surface area contributed by atoms with E-state index in [4.69, 9.17) is 28.0 Å². The van der Waals surface area contributed by atoms with E-state index in [-0.39, 0.29) is 34.9 Å². The third kappa shape index (κ3) is 6.83. The summed E-state index contributed by atoms with van der Waals surface area (Å²) < 4.78 is 41.6. The fourth-order valence-corrected chi connectivity index (χ4v) is 1.92. The molecule has 146 valence electrons. The van der Waals surface area contributed by atoms with Gasteiger partial charge in [-0.15, -0.1) is 0 Å². The van der Waals surface area contributed by atoms with E-state index in [1.54, 1.807) is 0 Å². The van der Waals surface area contributed by atoms with Crippen LogP contribution in [0, 0.1) is 0 Å². The Kier molecular flexibility index (Phi) is 7.60. The standard InChI is InChI=1S/C15H13Cl2F3N4O3/c16-11(17)5-8-26-22-7-6-21-13(25)10-3-1-9(2-4-10)12-23-14(27-24-12)15(18,19)20/h1-5,22H,6-8H2,(H,21,25). The molecular weight excluding hydrogens is 412 g/mol. The molecule has 0 aliphatic heterocycles. The first-order chi connectivity index (χ1) is 12.8. The Morgan fingerprint density at radius 2 is 1.93 bits per heavy atom. The Morgan fingerprint density at radius 3 is 2.52 bits per heavy atom. The van der Waals surface area contributed by atoms with Gasteiger partial charge in [-0.25, -0.2) is 5.48 Å². The number of nitrogens with one attached hydrogen (secondary N) is 2. The zero-order chi connectivity index (χ0) is 19.9. The lowest BCUT2D eigenvalue weighted by Crippen LogP contribution is -2.31. The van der Waals surface area contributed by atoms with Gasteiger partial charge in [0.25, 0.3) is 5.91 Å². The van der Waals surface area contributed by atoms with Crippen LogP contribution in [0.4, 0.5) is 13.2 Å². The van der Waals surface area contributed by atoms with Crippen LogP contribution >= 0.6 is 23.2 Å². The summed E-state index contributed by atoms with van der Waals surface area (Å²) in [7, 11) is 0. The zero-order valence-electron chi connectivity index (χ0n) is 13.5. The first kappa shape index (κ1) is 21.2. The number of hydrogen-bond acceptors (Lipinski definition) is 6. The molecule has 0 unspecified atom stereocenters. The second-order valence-corrected chi connectivity index (χ2v) is 5.96. The van der Waals surface area contributed by atoms with E-state index in [0.29, 0.717) is 12.1 Å². The quantitative estimate of drug-likeness (QED) is 0.499. The van der Waals surface area contributed by atoms with E-state index in [1.807, 2.05) is 0 Å². The SMILES string of the molecule is O=C(NCCNOCC=C(Cl)Cl)c1ccc(-c2noc(C(F)(F)F)n2)cc1. The lowest BCUT2D eigenvalue weighted by atomic mass is 10.1. The maximum absolute atomic E-state index is 12.5. The van der Waals surface area contributed by atoms with Crippen molar-refractivity contribution in [1.82, 2.24) is 20.9 Å². The van der Waals surface area contributed by atoms with Gasteiger partial charge < -0.3 is 9.84 Å². The molecular formula is C15H13Cl2F3N4O3. The molecule has 27 heavy (non-hydrogen) atoms. The minimum absolute atomic E-state index is 0.0870. The molecule has 7 nitrogen and oxygen atoms in total. The van der Waals surface area contributed by atoms with Crippen molar-refractivity contribution in [3.05, 3.63) is 46.3 Å². The van der Waals surface area contributed by atoms with Gasteiger partial charge in [-0.1, -0.05) is 40.5 Å². The van der Waals surface area contributed by atoms with Gasteiger partial charge in [-0.05, 0) is 18.2 Å². The largest absolute Gasteiger partial charge is 0.471 e. The zero-order valence-corrected chi connectivity index (χ0v) is 15.0. The molecule has 2 N–H and O–H groups in total. The van der Waals surface area contributed by atoms with Gasteiger partial charge in [-0.3, -0.25) is 9.63 Å². The number of aromatic nitrogens is 2. The molecule has 1 heterocycles. The highest BCUT2D eigenvalue weighted by atomic mass is 35.5. The first-order valence-electron chi connectivity index (χ1n) is 7.42. The van der Waals surface area contributed by atoms with Crippen molar-refractivity contribution in [2.24, 2.45) is 0 Å². The minimum Gasteiger partial charge on any atom is -0.351 e. The van der Waals surface area contributed by atoms with Crippen LogP contribution in [0.1, 0.15) is 16.2 Å². The summed E-state index contributed by atoms with van der Waals surface area (Å²) in [5.74, 6) is -2.02. The molecule has 2 aromatic rings. The van der Waals surface area contributed by atoms with Crippen molar-refractivity contribution in [3.63, 3.8) is 0 Å². The van der Waals surface area contributed by atoms with E-state index >= 15 is 0 Å². The van der Waals surface area contributed by atoms with E-state index in [1.165, 1.54) is 30.3 Å². The topological polar surface area (TPSA) is 89.3 Å². The summed E-state index contributed by atoms with van der Waals surface area (Å²) in [6, 6.07) is 5.71. The molecule has 0 radical (unpaired) electrons. The molecule has 0 saturated carbocycles. The third-order valence-electron chi connectivity index (χ3n) is 3.01. The average Bonchev–Trinajstić information content (AvgIpc) is 3.11. The third-order valence-corrected chi connectivity index (χ3v) is 3.32. The predicted molar refractivity (Wildman–Crippen MR) is 90.8 cm³/mol. The molecule has 2 rings (SSSR count). The summed E-state index contributed by atoms with van der Waals surface area (Å²) in [6.45, 7) is 0.781. The number of amides is 1. The van der Waals surface area contributed by atoms with Crippen molar-refractivity contribution >= 4 is 29.1 Å². The molecule has 0 aliphatic carbocycles. The van der Waals surface area contributed by atoms with Crippen molar-refractivity contribution in [2.75, 3.05) is 19.7 Å². The monoisotopic (exact) mass is 424 g/mol. The number of hydrogen-bond donors (Lipinski definition) is 2. The van der Waals surface area contributed by atoms with E-state index < -0.39 is 12.1 Å². The maximum atomic E-state index is 12.5. The van der Waals surface area contributed by atoms with E-state index in [0.717, 1.165) is 0 Å². The smallest absolute Gasteiger partial charge is 0.351 e. The number of carbonyl (C=O) groups excluding carboxylic acids is 1. The van der Waals surface area contributed by atoms with Gasteiger partial charge in [0.15, 0.2) is 0 Å². The number of rotatable bonds is 8. The van der Waals surface area contributed by atoms with Gasteiger partial charge in [0.1, 0.15) is 4.49 Å². The number of carbonyl (C=O) groups is 1. The highest BCUT2D eigenvalue weighted by molar-refractivity contribution is 6.55. The van der Waals surface area contributed by atoms with Crippen LogP contribution in [0.15, 0.2) is 39.4 Å². The lowest BCUT2D eigenvalue weighted by molar-refractivity contribution is -0.159. The fourth-order valence-electron chi connectivity index (χ4n) is 1.79. The van der Waals surface area contributed by atoms with Crippen LogP contribution in [-0.2, 0) is 11.0 Å². The molecule has 0 bridgehead atoms. The molecule has 0 spiro atoms. The number of benzene rings is 1.